The second-order valence-corrected chi connectivity index (χ2v) is 5.40. The first-order chi connectivity index (χ1) is 11.6. The van der Waals surface area contributed by atoms with E-state index in [1.54, 1.807) is 28.9 Å². The maximum absolute atomic E-state index is 11.6. The fourth-order valence-electron chi connectivity index (χ4n) is 2.49. The van der Waals surface area contributed by atoms with Crippen LogP contribution in [0.1, 0.15) is 24.3 Å². The zero-order valence-electron chi connectivity index (χ0n) is 13.6. The fraction of sp³-hybridized carbons (Fsp3) is 0.533. The van der Waals surface area contributed by atoms with Crippen LogP contribution in [-0.4, -0.2) is 57.7 Å². The smallest absolute Gasteiger partial charge is 0.360 e. The molecule has 0 amide bonds. The van der Waals surface area contributed by atoms with Crippen LogP contribution in [0.5, 0.6) is 5.75 Å². The Morgan fingerprint density at radius 1 is 1.46 bits per heavy atom. The van der Waals surface area contributed by atoms with Crippen LogP contribution >= 0.6 is 0 Å². The van der Waals surface area contributed by atoms with Crippen molar-refractivity contribution < 1.29 is 23.8 Å². The third-order valence-electron chi connectivity index (χ3n) is 3.71. The van der Waals surface area contributed by atoms with E-state index in [4.69, 9.17) is 13.9 Å². The highest BCUT2D eigenvalue weighted by molar-refractivity contribution is 5.87. The predicted octanol–water partition coefficient (Wildman–Crippen LogP) is 0.696. The number of carbonyl (C=O) groups is 1. The molecule has 130 valence electrons. The highest BCUT2D eigenvalue weighted by Crippen LogP contribution is 2.23. The Bertz CT molecular complexity index is 698. The van der Waals surface area contributed by atoms with Gasteiger partial charge in [-0.1, -0.05) is 0 Å². The van der Waals surface area contributed by atoms with Crippen molar-refractivity contribution in [2.75, 3.05) is 24.6 Å². The van der Waals surface area contributed by atoms with E-state index in [0.29, 0.717) is 18.8 Å². The van der Waals surface area contributed by atoms with E-state index >= 15 is 0 Å². The maximum atomic E-state index is 11.6. The van der Waals surface area contributed by atoms with Gasteiger partial charge in [0.2, 0.25) is 0 Å². The van der Waals surface area contributed by atoms with Crippen LogP contribution in [0, 0.1) is 0 Å². The molecule has 1 fully saturated rings. The number of β-amino-alcohol motifs (C(OH)–C–C–N with tert-alkyl or cyclic N) is 1. The van der Waals surface area contributed by atoms with E-state index in [1.165, 1.54) is 6.26 Å². The second-order valence-electron chi connectivity index (χ2n) is 5.40. The number of aryl methyl sites for hydroxylation is 1. The van der Waals surface area contributed by atoms with Gasteiger partial charge in [-0.25, -0.2) is 4.79 Å². The summed E-state index contributed by atoms with van der Waals surface area (Å²) in [6, 6.07) is 0.257. The summed E-state index contributed by atoms with van der Waals surface area (Å²) in [5.41, 5.74) is 0.106. The minimum Gasteiger partial charge on any atom is -0.482 e. The Hall–Kier alpha value is -2.55. The molecular formula is C15H20N4O5. The molecule has 0 bridgehead atoms. The molecule has 3 heterocycles. The van der Waals surface area contributed by atoms with E-state index < -0.39 is 18.2 Å². The Morgan fingerprint density at radius 3 is 3.00 bits per heavy atom. The number of anilines is 1. The highest BCUT2D eigenvalue weighted by Gasteiger charge is 2.36. The lowest BCUT2D eigenvalue weighted by Crippen LogP contribution is -2.29. The minimum atomic E-state index is -0.701. The monoisotopic (exact) mass is 336 g/mol. The summed E-state index contributed by atoms with van der Waals surface area (Å²) in [6.07, 6.45) is 3.51. The van der Waals surface area contributed by atoms with E-state index in [2.05, 4.69) is 10.1 Å². The zero-order valence-corrected chi connectivity index (χ0v) is 13.6. The van der Waals surface area contributed by atoms with Crippen LogP contribution in [0.4, 0.5) is 6.01 Å². The summed E-state index contributed by atoms with van der Waals surface area (Å²) >= 11 is 0. The van der Waals surface area contributed by atoms with Gasteiger partial charge in [-0.15, -0.1) is 0 Å². The van der Waals surface area contributed by atoms with Gasteiger partial charge in [0, 0.05) is 6.54 Å². The van der Waals surface area contributed by atoms with Crippen LogP contribution in [0.15, 0.2) is 23.1 Å². The largest absolute Gasteiger partial charge is 0.482 e. The normalized spacial score (nSPS) is 20.4. The molecule has 1 aliphatic heterocycles. The van der Waals surface area contributed by atoms with Gasteiger partial charge in [0.25, 0.3) is 6.01 Å². The first-order valence-corrected chi connectivity index (χ1v) is 7.85. The van der Waals surface area contributed by atoms with E-state index in [9.17, 15) is 9.90 Å². The van der Waals surface area contributed by atoms with Crippen molar-refractivity contribution in [3.63, 3.8) is 0 Å². The van der Waals surface area contributed by atoms with Crippen LogP contribution < -0.4 is 9.64 Å². The van der Waals surface area contributed by atoms with E-state index in [-0.39, 0.29) is 18.3 Å². The lowest BCUT2D eigenvalue weighted by atomic mass is 10.3. The number of carbonyl (C=O) groups excluding carboxylic acids is 1. The number of esters is 1. The van der Waals surface area contributed by atoms with Crippen molar-refractivity contribution in [2.24, 2.45) is 0 Å². The summed E-state index contributed by atoms with van der Waals surface area (Å²) in [6.45, 7) is 5.40. The molecule has 2 atom stereocenters. The van der Waals surface area contributed by atoms with Crippen LogP contribution in [-0.2, 0) is 11.3 Å². The number of hydrogen-bond donors (Lipinski definition) is 1. The van der Waals surface area contributed by atoms with Gasteiger partial charge in [-0.3, -0.25) is 4.68 Å². The number of oxazole rings is 1. The Morgan fingerprint density at radius 2 is 2.29 bits per heavy atom. The standard InChI is InChI=1S/C15H20N4O5/c1-3-19-6-10(5-16-19)24-13-8-18(7-12(13)20)15-17-11(9-23-15)14(21)22-4-2/h5-6,9,12-13,20H,3-4,7-8H2,1-2H3/t12-,13-/m1/s1. The van der Waals surface area contributed by atoms with Crippen LogP contribution in [0.2, 0.25) is 0 Å². The summed E-state index contributed by atoms with van der Waals surface area (Å²) < 4.78 is 17.7. The van der Waals surface area contributed by atoms with Crippen molar-refractivity contribution >= 4 is 12.0 Å². The van der Waals surface area contributed by atoms with Gasteiger partial charge in [-0.05, 0) is 13.8 Å². The van der Waals surface area contributed by atoms with Crippen LogP contribution in [0.3, 0.4) is 0 Å². The van der Waals surface area contributed by atoms with Gasteiger partial charge in [0.05, 0.1) is 32.1 Å². The topological polar surface area (TPSA) is 103 Å². The number of aliphatic hydroxyl groups excluding tert-OH is 1. The molecule has 24 heavy (non-hydrogen) atoms. The Balaban J connectivity index is 1.63. The van der Waals surface area contributed by atoms with Gasteiger partial charge < -0.3 is 23.9 Å². The average molecular weight is 336 g/mol. The van der Waals surface area contributed by atoms with Crippen molar-refractivity contribution in [1.29, 1.82) is 0 Å². The van der Waals surface area contributed by atoms with Gasteiger partial charge in [0.15, 0.2) is 11.4 Å². The van der Waals surface area contributed by atoms with Crippen molar-refractivity contribution in [3.8, 4) is 5.75 Å². The number of aliphatic hydroxyl groups is 1. The second kappa shape index (κ2) is 6.91. The molecule has 3 rings (SSSR count). The van der Waals surface area contributed by atoms with Crippen LogP contribution in [0.25, 0.3) is 0 Å². The molecule has 1 N–H and O–H groups in total. The molecule has 9 nitrogen and oxygen atoms in total. The Labute approximate surface area is 138 Å². The number of ether oxygens (including phenoxy) is 2. The molecule has 0 radical (unpaired) electrons. The molecule has 9 heteroatoms. The molecule has 2 aromatic rings. The molecule has 0 spiro atoms. The number of rotatable bonds is 6. The van der Waals surface area contributed by atoms with Crippen molar-refractivity contribution in [2.45, 2.75) is 32.6 Å². The summed E-state index contributed by atoms with van der Waals surface area (Å²) in [4.78, 5) is 17.5. The van der Waals surface area contributed by atoms with E-state index in [0.717, 1.165) is 6.54 Å². The third kappa shape index (κ3) is 3.35. The Kier molecular flexibility index (Phi) is 4.70. The molecule has 1 saturated heterocycles. The van der Waals surface area contributed by atoms with Crippen molar-refractivity contribution in [1.82, 2.24) is 14.8 Å². The highest BCUT2D eigenvalue weighted by atomic mass is 16.5. The fourth-order valence-corrected chi connectivity index (χ4v) is 2.49. The maximum Gasteiger partial charge on any atom is 0.360 e. The SMILES string of the molecule is CCOC(=O)c1coc(N2C[C@@H](O)[C@H](Oc3cnn(CC)c3)C2)n1. The molecule has 1 aliphatic rings. The van der Waals surface area contributed by atoms with Crippen molar-refractivity contribution in [3.05, 3.63) is 24.4 Å². The number of aromatic nitrogens is 3. The molecule has 2 aromatic heterocycles. The lowest BCUT2D eigenvalue weighted by molar-refractivity contribution is 0.0519. The third-order valence-corrected chi connectivity index (χ3v) is 3.71. The average Bonchev–Trinajstić information content (AvgIpc) is 3.28. The van der Waals surface area contributed by atoms with Gasteiger partial charge in [-0.2, -0.15) is 10.1 Å². The molecular weight excluding hydrogens is 316 g/mol. The molecule has 0 saturated carbocycles. The first-order valence-electron chi connectivity index (χ1n) is 7.85. The van der Waals surface area contributed by atoms with E-state index in [1.807, 2.05) is 6.92 Å². The minimum absolute atomic E-state index is 0.106. The number of hydrogen-bond acceptors (Lipinski definition) is 8. The summed E-state index contributed by atoms with van der Waals surface area (Å²) in [7, 11) is 0. The number of nitrogens with zero attached hydrogens (tertiary/aromatic N) is 4. The molecule has 0 aliphatic carbocycles. The lowest BCUT2D eigenvalue weighted by Gasteiger charge is -2.14. The quantitative estimate of drug-likeness (QED) is 0.769. The zero-order chi connectivity index (χ0) is 17.1. The summed E-state index contributed by atoms with van der Waals surface area (Å²) in [5.74, 6) is 0.0643. The predicted molar refractivity (Wildman–Crippen MR) is 83.0 cm³/mol. The van der Waals surface area contributed by atoms with Gasteiger partial charge >= 0.3 is 5.97 Å². The molecule has 0 aromatic carbocycles. The summed E-state index contributed by atoms with van der Waals surface area (Å²) in [5, 5.41) is 14.3. The first kappa shape index (κ1) is 16.3. The van der Waals surface area contributed by atoms with Gasteiger partial charge in [0.1, 0.15) is 18.5 Å². The molecule has 0 unspecified atom stereocenters.